The van der Waals surface area contributed by atoms with Gasteiger partial charge in [0, 0.05) is 32.2 Å². The van der Waals surface area contributed by atoms with E-state index in [1.54, 1.807) is 45.5 Å². The van der Waals surface area contributed by atoms with Crippen molar-refractivity contribution in [3.05, 3.63) is 59.7 Å². The molecular formula is C21H28N4O3. The van der Waals surface area contributed by atoms with Crippen LogP contribution >= 0.6 is 0 Å². The van der Waals surface area contributed by atoms with Crippen LogP contribution in [0.2, 0.25) is 0 Å². The number of nitrogens with zero attached hydrogens (tertiary/aromatic N) is 1. The van der Waals surface area contributed by atoms with Gasteiger partial charge in [0.1, 0.15) is 11.5 Å². The SMILES string of the molecule is CN=C(NCCNC(=O)c1cccc(OC)c1)NCCc1ccccc1OC. The van der Waals surface area contributed by atoms with E-state index in [9.17, 15) is 4.79 Å². The molecule has 0 aliphatic heterocycles. The molecule has 0 fully saturated rings. The molecule has 0 unspecified atom stereocenters. The van der Waals surface area contributed by atoms with Gasteiger partial charge in [0.2, 0.25) is 0 Å². The highest BCUT2D eigenvalue weighted by molar-refractivity contribution is 5.94. The predicted octanol–water partition coefficient (Wildman–Crippen LogP) is 1.84. The van der Waals surface area contributed by atoms with Crippen molar-refractivity contribution < 1.29 is 14.3 Å². The van der Waals surface area contributed by atoms with E-state index in [2.05, 4.69) is 20.9 Å². The summed E-state index contributed by atoms with van der Waals surface area (Å²) < 4.78 is 10.5. The summed E-state index contributed by atoms with van der Waals surface area (Å²) in [5, 5.41) is 9.31. The Balaban J connectivity index is 1.70. The van der Waals surface area contributed by atoms with Crippen LogP contribution in [0.5, 0.6) is 11.5 Å². The van der Waals surface area contributed by atoms with E-state index in [0.717, 1.165) is 24.3 Å². The van der Waals surface area contributed by atoms with Gasteiger partial charge >= 0.3 is 0 Å². The van der Waals surface area contributed by atoms with Crippen molar-refractivity contribution >= 4 is 11.9 Å². The molecule has 3 N–H and O–H groups in total. The average molecular weight is 384 g/mol. The van der Waals surface area contributed by atoms with Crippen molar-refractivity contribution in [1.82, 2.24) is 16.0 Å². The fourth-order valence-electron chi connectivity index (χ4n) is 2.67. The number of ether oxygens (including phenoxy) is 2. The molecular weight excluding hydrogens is 356 g/mol. The van der Waals surface area contributed by atoms with E-state index < -0.39 is 0 Å². The minimum atomic E-state index is -0.139. The number of para-hydroxylation sites is 1. The molecule has 7 heteroatoms. The smallest absolute Gasteiger partial charge is 0.251 e. The highest BCUT2D eigenvalue weighted by Crippen LogP contribution is 2.17. The molecule has 28 heavy (non-hydrogen) atoms. The number of hydrogen-bond acceptors (Lipinski definition) is 4. The van der Waals surface area contributed by atoms with Gasteiger partial charge in [-0.2, -0.15) is 0 Å². The Labute approximate surface area is 166 Å². The van der Waals surface area contributed by atoms with Crippen LogP contribution < -0.4 is 25.4 Å². The van der Waals surface area contributed by atoms with Crippen LogP contribution in [-0.4, -0.2) is 52.8 Å². The number of benzene rings is 2. The lowest BCUT2D eigenvalue weighted by atomic mass is 10.1. The van der Waals surface area contributed by atoms with Gasteiger partial charge in [-0.05, 0) is 36.2 Å². The van der Waals surface area contributed by atoms with Gasteiger partial charge in [-0.25, -0.2) is 0 Å². The Morgan fingerprint density at radius 2 is 1.68 bits per heavy atom. The molecule has 0 bridgehead atoms. The highest BCUT2D eigenvalue weighted by Gasteiger charge is 2.06. The van der Waals surface area contributed by atoms with Gasteiger partial charge in [0.05, 0.1) is 14.2 Å². The van der Waals surface area contributed by atoms with Gasteiger partial charge in [0.25, 0.3) is 5.91 Å². The number of methoxy groups -OCH3 is 2. The van der Waals surface area contributed by atoms with Gasteiger partial charge in [-0.15, -0.1) is 0 Å². The number of nitrogens with one attached hydrogen (secondary N) is 3. The summed E-state index contributed by atoms with van der Waals surface area (Å²) in [5.74, 6) is 2.09. The van der Waals surface area contributed by atoms with E-state index in [1.807, 2.05) is 24.3 Å². The molecule has 0 aliphatic carbocycles. The van der Waals surface area contributed by atoms with E-state index >= 15 is 0 Å². The normalized spacial score (nSPS) is 10.9. The molecule has 0 radical (unpaired) electrons. The second kappa shape index (κ2) is 11.5. The van der Waals surface area contributed by atoms with Gasteiger partial charge in [-0.1, -0.05) is 24.3 Å². The van der Waals surface area contributed by atoms with Crippen LogP contribution in [0.4, 0.5) is 0 Å². The highest BCUT2D eigenvalue weighted by atomic mass is 16.5. The minimum Gasteiger partial charge on any atom is -0.497 e. The number of rotatable bonds is 9. The predicted molar refractivity (Wildman–Crippen MR) is 111 cm³/mol. The van der Waals surface area contributed by atoms with Crippen molar-refractivity contribution in [2.24, 2.45) is 4.99 Å². The number of carbonyl (C=O) groups is 1. The molecule has 0 aliphatic rings. The maximum absolute atomic E-state index is 12.2. The second-order valence-corrected chi connectivity index (χ2v) is 5.98. The Bertz CT molecular complexity index is 793. The number of amides is 1. The molecule has 1 amide bonds. The molecule has 0 heterocycles. The van der Waals surface area contributed by atoms with Crippen LogP contribution in [0, 0.1) is 0 Å². The lowest BCUT2D eigenvalue weighted by Crippen LogP contribution is -2.42. The summed E-state index contributed by atoms with van der Waals surface area (Å²) in [4.78, 5) is 16.4. The summed E-state index contributed by atoms with van der Waals surface area (Å²) in [7, 11) is 4.97. The van der Waals surface area contributed by atoms with Crippen LogP contribution in [-0.2, 0) is 6.42 Å². The standard InChI is InChI=1S/C21H28N4O3/c1-22-21(24-12-11-16-7-4-5-10-19(16)28-3)25-14-13-23-20(26)17-8-6-9-18(15-17)27-2/h4-10,15H,11-14H2,1-3H3,(H,23,26)(H2,22,24,25). The van der Waals surface area contributed by atoms with Gasteiger partial charge in [-0.3, -0.25) is 9.79 Å². The summed E-state index contributed by atoms with van der Waals surface area (Å²) in [6.45, 7) is 1.75. The van der Waals surface area contributed by atoms with Crippen LogP contribution in [0.3, 0.4) is 0 Å². The first-order valence-electron chi connectivity index (χ1n) is 9.16. The third-order valence-electron chi connectivity index (χ3n) is 4.14. The van der Waals surface area contributed by atoms with Crippen LogP contribution in [0.1, 0.15) is 15.9 Å². The molecule has 0 spiro atoms. The van der Waals surface area contributed by atoms with E-state index in [1.165, 1.54) is 0 Å². The Morgan fingerprint density at radius 1 is 0.929 bits per heavy atom. The minimum absolute atomic E-state index is 0.139. The largest absolute Gasteiger partial charge is 0.497 e. The summed E-state index contributed by atoms with van der Waals surface area (Å²) in [6, 6.07) is 15.0. The van der Waals surface area contributed by atoms with Gasteiger partial charge < -0.3 is 25.4 Å². The van der Waals surface area contributed by atoms with E-state index in [-0.39, 0.29) is 5.91 Å². The summed E-state index contributed by atoms with van der Waals surface area (Å²) >= 11 is 0. The average Bonchev–Trinajstić information content (AvgIpc) is 2.75. The Kier molecular flexibility index (Phi) is 8.65. The van der Waals surface area contributed by atoms with Crippen molar-refractivity contribution in [2.75, 3.05) is 40.9 Å². The topological polar surface area (TPSA) is 84.0 Å². The molecule has 0 aromatic heterocycles. The molecule has 2 aromatic carbocycles. The molecule has 0 saturated heterocycles. The maximum Gasteiger partial charge on any atom is 0.251 e. The zero-order valence-corrected chi connectivity index (χ0v) is 16.6. The molecule has 150 valence electrons. The number of guanidine groups is 1. The van der Waals surface area contributed by atoms with E-state index in [4.69, 9.17) is 9.47 Å². The zero-order chi connectivity index (χ0) is 20.2. The zero-order valence-electron chi connectivity index (χ0n) is 16.6. The first-order valence-corrected chi connectivity index (χ1v) is 9.16. The number of aliphatic imine (C=N–C) groups is 1. The molecule has 7 nitrogen and oxygen atoms in total. The summed E-state index contributed by atoms with van der Waals surface area (Å²) in [6.07, 6.45) is 0.817. The monoisotopic (exact) mass is 384 g/mol. The molecule has 2 rings (SSSR count). The van der Waals surface area contributed by atoms with Crippen molar-refractivity contribution in [3.63, 3.8) is 0 Å². The number of carbonyl (C=O) groups excluding carboxylic acids is 1. The molecule has 0 atom stereocenters. The lowest BCUT2D eigenvalue weighted by molar-refractivity contribution is 0.0954. The van der Waals surface area contributed by atoms with Crippen LogP contribution in [0.25, 0.3) is 0 Å². The third-order valence-corrected chi connectivity index (χ3v) is 4.14. The summed E-state index contributed by atoms with van der Waals surface area (Å²) in [5.41, 5.74) is 1.71. The number of hydrogen-bond donors (Lipinski definition) is 3. The van der Waals surface area contributed by atoms with Gasteiger partial charge in [0.15, 0.2) is 5.96 Å². The van der Waals surface area contributed by atoms with Crippen molar-refractivity contribution in [1.29, 1.82) is 0 Å². The lowest BCUT2D eigenvalue weighted by Gasteiger charge is -2.13. The molecule has 0 saturated carbocycles. The Morgan fingerprint density at radius 3 is 2.43 bits per heavy atom. The van der Waals surface area contributed by atoms with Crippen molar-refractivity contribution in [3.8, 4) is 11.5 Å². The first kappa shape index (κ1) is 21.1. The second-order valence-electron chi connectivity index (χ2n) is 5.98. The quantitative estimate of drug-likeness (QED) is 0.349. The third kappa shape index (κ3) is 6.50. The first-order chi connectivity index (χ1) is 13.7. The fourth-order valence-corrected chi connectivity index (χ4v) is 2.67. The molecule has 2 aromatic rings. The Hall–Kier alpha value is -3.22. The van der Waals surface area contributed by atoms with E-state index in [0.29, 0.717) is 30.4 Å². The fraction of sp³-hybridized carbons (Fsp3) is 0.333. The maximum atomic E-state index is 12.2. The van der Waals surface area contributed by atoms with Crippen LogP contribution in [0.15, 0.2) is 53.5 Å². The van der Waals surface area contributed by atoms with Crippen molar-refractivity contribution in [2.45, 2.75) is 6.42 Å².